The predicted octanol–water partition coefficient (Wildman–Crippen LogP) is 2.82. The second-order valence-electron chi connectivity index (χ2n) is 6.14. The average molecular weight is 349 g/mol. The summed E-state index contributed by atoms with van der Waals surface area (Å²) in [7, 11) is 0. The van der Waals surface area contributed by atoms with Crippen LogP contribution in [-0.4, -0.2) is 45.0 Å². The number of hydrogen-bond donors (Lipinski definition) is 2. The van der Waals surface area contributed by atoms with Gasteiger partial charge in [0.25, 0.3) is 0 Å². The van der Waals surface area contributed by atoms with Crippen molar-refractivity contribution in [2.45, 2.75) is 25.9 Å². The van der Waals surface area contributed by atoms with Crippen LogP contribution in [0.4, 0.5) is 10.6 Å². The van der Waals surface area contributed by atoms with Crippen molar-refractivity contribution in [1.29, 1.82) is 0 Å². The number of rotatable bonds is 4. The van der Waals surface area contributed by atoms with Gasteiger partial charge in [-0.3, -0.25) is 5.32 Å². The molecule has 2 N–H and O–H groups in total. The van der Waals surface area contributed by atoms with Crippen molar-refractivity contribution in [3.63, 3.8) is 0 Å². The van der Waals surface area contributed by atoms with Crippen LogP contribution in [0.25, 0.3) is 0 Å². The van der Waals surface area contributed by atoms with Crippen molar-refractivity contribution < 1.29 is 9.90 Å². The molecule has 0 spiro atoms. The van der Waals surface area contributed by atoms with Crippen LogP contribution < -0.4 is 5.32 Å². The fourth-order valence-electron chi connectivity index (χ4n) is 3.05. The number of halogens is 1. The van der Waals surface area contributed by atoms with Crippen molar-refractivity contribution in [2.24, 2.45) is 5.92 Å². The highest BCUT2D eigenvalue weighted by atomic mass is 35.5. The quantitative estimate of drug-likeness (QED) is 0.892. The minimum atomic E-state index is -0.198. The van der Waals surface area contributed by atoms with Gasteiger partial charge in [0.05, 0.1) is 25.4 Å². The average Bonchev–Trinajstić information content (AvgIpc) is 3.16. The molecule has 0 saturated carbocycles. The van der Waals surface area contributed by atoms with Gasteiger partial charge in [-0.05, 0) is 30.0 Å². The number of carbonyl (C=O) groups is 1. The third kappa shape index (κ3) is 3.55. The Bertz CT molecular complexity index is 701. The van der Waals surface area contributed by atoms with E-state index in [4.69, 9.17) is 11.6 Å². The van der Waals surface area contributed by atoms with Gasteiger partial charge in [-0.25, -0.2) is 9.48 Å². The Hall–Kier alpha value is -2.05. The van der Waals surface area contributed by atoms with Gasteiger partial charge in [0.15, 0.2) is 0 Å². The summed E-state index contributed by atoms with van der Waals surface area (Å²) in [5, 5.41) is 17.4. The molecule has 7 heteroatoms. The first kappa shape index (κ1) is 16.8. The number of aliphatic hydroxyl groups excluding tert-OH is 1. The lowest BCUT2D eigenvalue weighted by Crippen LogP contribution is -2.42. The highest BCUT2D eigenvalue weighted by Gasteiger charge is 2.34. The van der Waals surface area contributed by atoms with Crippen LogP contribution in [0.15, 0.2) is 36.5 Å². The number of nitrogens with one attached hydrogen (secondary N) is 1. The van der Waals surface area contributed by atoms with Crippen molar-refractivity contribution in [3.05, 3.63) is 47.1 Å². The highest BCUT2D eigenvalue weighted by Crippen LogP contribution is 2.24. The van der Waals surface area contributed by atoms with Crippen LogP contribution in [0, 0.1) is 5.92 Å². The summed E-state index contributed by atoms with van der Waals surface area (Å²) >= 11 is 5.90. The van der Waals surface area contributed by atoms with Crippen LogP contribution >= 0.6 is 11.6 Å². The number of urea groups is 1. The van der Waals surface area contributed by atoms with E-state index in [1.165, 1.54) is 0 Å². The van der Waals surface area contributed by atoms with Crippen LogP contribution in [0.2, 0.25) is 5.02 Å². The molecule has 3 rings (SSSR count). The lowest BCUT2D eigenvalue weighted by atomic mass is 10.0. The first-order chi connectivity index (χ1) is 11.6. The molecule has 128 valence electrons. The Morgan fingerprint density at radius 3 is 2.83 bits per heavy atom. The summed E-state index contributed by atoms with van der Waals surface area (Å²) in [5.74, 6) is 0.936. The molecule has 0 aliphatic carbocycles. The second-order valence-corrected chi connectivity index (χ2v) is 6.58. The predicted molar refractivity (Wildman–Crippen MR) is 93.2 cm³/mol. The zero-order chi connectivity index (χ0) is 17.1. The number of amides is 2. The molecule has 2 atom stereocenters. The first-order valence-corrected chi connectivity index (χ1v) is 8.41. The summed E-state index contributed by atoms with van der Waals surface area (Å²) in [5.41, 5.74) is 1.04. The molecule has 1 saturated heterocycles. The topological polar surface area (TPSA) is 70.4 Å². The van der Waals surface area contributed by atoms with E-state index >= 15 is 0 Å². The number of anilines is 1. The third-order valence-electron chi connectivity index (χ3n) is 4.53. The summed E-state index contributed by atoms with van der Waals surface area (Å²) in [4.78, 5) is 14.2. The summed E-state index contributed by atoms with van der Waals surface area (Å²) < 4.78 is 1.73. The molecule has 0 radical (unpaired) electrons. The number of aliphatic hydroxyl groups is 1. The van der Waals surface area contributed by atoms with Crippen LogP contribution in [0.1, 0.15) is 18.9 Å². The number of aromatic nitrogens is 2. The lowest BCUT2D eigenvalue weighted by Gasteiger charge is -2.25. The third-order valence-corrected chi connectivity index (χ3v) is 4.78. The maximum Gasteiger partial charge on any atom is 0.323 e. The molecule has 0 bridgehead atoms. The molecule has 2 aromatic rings. The number of hydrogen-bond acceptors (Lipinski definition) is 3. The van der Waals surface area contributed by atoms with Crippen molar-refractivity contribution in [2.75, 3.05) is 18.5 Å². The van der Waals surface area contributed by atoms with E-state index in [2.05, 4.69) is 17.3 Å². The molecule has 1 aliphatic heterocycles. The maximum absolute atomic E-state index is 12.5. The SMILES string of the molecule is C[C@@H]1CCN(C(=O)Nc2ccnn2Cc2ccc(Cl)cc2)[C@H]1CO. The van der Waals surface area contributed by atoms with Gasteiger partial charge in [0.1, 0.15) is 5.82 Å². The molecule has 2 amide bonds. The molecule has 2 heterocycles. The fourth-order valence-corrected chi connectivity index (χ4v) is 3.17. The van der Waals surface area contributed by atoms with E-state index in [1.54, 1.807) is 21.8 Å². The number of nitrogens with zero attached hydrogens (tertiary/aromatic N) is 3. The molecule has 1 aromatic heterocycles. The lowest BCUT2D eigenvalue weighted by molar-refractivity contribution is 0.152. The van der Waals surface area contributed by atoms with Gasteiger partial charge in [-0.15, -0.1) is 0 Å². The molecule has 1 fully saturated rings. The highest BCUT2D eigenvalue weighted by molar-refractivity contribution is 6.30. The van der Waals surface area contributed by atoms with E-state index in [9.17, 15) is 9.90 Å². The van der Waals surface area contributed by atoms with Crippen molar-refractivity contribution in [1.82, 2.24) is 14.7 Å². The number of carbonyl (C=O) groups excluding carboxylic acids is 1. The molecular formula is C17H21ClN4O2. The van der Waals surface area contributed by atoms with Crippen molar-refractivity contribution >= 4 is 23.4 Å². The Balaban J connectivity index is 1.69. The number of benzene rings is 1. The van der Waals surface area contributed by atoms with Gasteiger partial charge in [-0.1, -0.05) is 30.7 Å². The second kappa shape index (κ2) is 7.23. The molecule has 1 aliphatic rings. The summed E-state index contributed by atoms with van der Waals surface area (Å²) in [6.45, 7) is 3.24. The first-order valence-electron chi connectivity index (χ1n) is 8.03. The van der Waals surface area contributed by atoms with Crippen LogP contribution in [0.3, 0.4) is 0 Å². The van der Waals surface area contributed by atoms with E-state index in [1.807, 2.05) is 24.3 Å². The van der Waals surface area contributed by atoms with Gasteiger partial charge >= 0.3 is 6.03 Å². The Labute approximate surface area is 146 Å². The Kier molecular flexibility index (Phi) is 5.06. The zero-order valence-electron chi connectivity index (χ0n) is 13.5. The van der Waals surface area contributed by atoms with Crippen LogP contribution in [-0.2, 0) is 6.54 Å². The fraction of sp³-hybridized carbons (Fsp3) is 0.412. The minimum Gasteiger partial charge on any atom is -0.394 e. The maximum atomic E-state index is 12.5. The van der Waals surface area contributed by atoms with E-state index in [0.717, 1.165) is 12.0 Å². The number of likely N-dealkylation sites (tertiary alicyclic amines) is 1. The molecule has 0 unspecified atom stereocenters. The molecule has 6 nitrogen and oxygen atoms in total. The van der Waals surface area contributed by atoms with Gasteiger partial charge in [0.2, 0.25) is 0 Å². The van der Waals surface area contributed by atoms with E-state index in [0.29, 0.717) is 29.8 Å². The molecule has 1 aromatic carbocycles. The largest absolute Gasteiger partial charge is 0.394 e. The van der Waals surface area contributed by atoms with Crippen LogP contribution in [0.5, 0.6) is 0 Å². The van der Waals surface area contributed by atoms with E-state index < -0.39 is 0 Å². The Morgan fingerprint density at radius 2 is 2.12 bits per heavy atom. The zero-order valence-corrected chi connectivity index (χ0v) is 14.3. The van der Waals surface area contributed by atoms with Gasteiger partial charge < -0.3 is 10.0 Å². The van der Waals surface area contributed by atoms with Gasteiger partial charge in [-0.2, -0.15) is 5.10 Å². The van der Waals surface area contributed by atoms with Gasteiger partial charge in [0, 0.05) is 17.6 Å². The minimum absolute atomic E-state index is 0.0153. The summed E-state index contributed by atoms with van der Waals surface area (Å²) in [6, 6.07) is 8.96. The summed E-state index contributed by atoms with van der Waals surface area (Å²) in [6.07, 6.45) is 2.56. The smallest absolute Gasteiger partial charge is 0.323 e. The Morgan fingerprint density at radius 1 is 1.38 bits per heavy atom. The normalized spacial score (nSPS) is 20.4. The van der Waals surface area contributed by atoms with E-state index in [-0.39, 0.29) is 18.7 Å². The monoisotopic (exact) mass is 348 g/mol. The molecule has 24 heavy (non-hydrogen) atoms. The van der Waals surface area contributed by atoms with Crippen molar-refractivity contribution in [3.8, 4) is 0 Å². The molecular weight excluding hydrogens is 328 g/mol. The standard InChI is InChI=1S/C17H21ClN4O2/c1-12-7-9-21(15(12)11-23)17(24)20-16-6-8-19-22(16)10-13-2-4-14(18)5-3-13/h2-6,8,12,15,23H,7,9-11H2,1H3,(H,20,24)/t12-,15+/m1/s1.